The summed E-state index contributed by atoms with van der Waals surface area (Å²) in [5, 5.41) is 0. The standard InChI is InChI=1S/C20H25NO2/c1-20(2,3)17-11-8-12-18(13-17)23-15-19(22)21(4)14-16-9-6-5-7-10-16/h5-13H,14-15H2,1-4H3. The van der Waals surface area contributed by atoms with E-state index < -0.39 is 0 Å². The van der Waals surface area contributed by atoms with Gasteiger partial charge < -0.3 is 9.64 Å². The summed E-state index contributed by atoms with van der Waals surface area (Å²) in [6.07, 6.45) is 0. The fraction of sp³-hybridized carbons (Fsp3) is 0.350. The van der Waals surface area contributed by atoms with Gasteiger partial charge in [-0.2, -0.15) is 0 Å². The Labute approximate surface area is 138 Å². The number of carbonyl (C=O) groups is 1. The number of amides is 1. The SMILES string of the molecule is CN(Cc1ccccc1)C(=O)COc1cccc(C(C)(C)C)c1. The van der Waals surface area contributed by atoms with Crippen LogP contribution in [0.4, 0.5) is 0 Å². The van der Waals surface area contributed by atoms with Gasteiger partial charge in [-0.25, -0.2) is 0 Å². The number of likely N-dealkylation sites (N-methyl/N-ethyl adjacent to an activating group) is 1. The molecule has 0 radical (unpaired) electrons. The van der Waals surface area contributed by atoms with E-state index in [0.29, 0.717) is 6.54 Å². The molecule has 0 aliphatic carbocycles. The molecule has 1 amide bonds. The van der Waals surface area contributed by atoms with Crippen molar-refractivity contribution in [2.24, 2.45) is 0 Å². The summed E-state index contributed by atoms with van der Waals surface area (Å²) in [5.41, 5.74) is 2.37. The minimum absolute atomic E-state index is 0.0324. The van der Waals surface area contributed by atoms with Crippen LogP contribution in [0.1, 0.15) is 31.9 Å². The molecule has 3 nitrogen and oxygen atoms in total. The third kappa shape index (κ3) is 5.13. The second-order valence-corrected chi connectivity index (χ2v) is 6.80. The Kier molecular flexibility index (Phi) is 5.43. The number of hydrogen-bond donors (Lipinski definition) is 0. The highest BCUT2D eigenvalue weighted by Crippen LogP contribution is 2.25. The van der Waals surface area contributed by atoms with Gasteiger partial charge in [-0.05, 0) is 28.7 Å². The van der Waals surface area contributed by atoms with Crippen LogP contribution < -0.4 is 4.74 Å². The van der Waals surface area contributed by atoms with Crippen LogP contribution in [-0.2, 0) is 16.8 Å². The normalized spacial score (nSPS) is 11.1. The fourth-order valence-electron chi connectivity index (χ4n) is 2.25. The summed E-state index contributed by atoms with van der Waals surface area (Å²) in [5.74, 6) is 0.703. The third-order valence-electron chi connectivity index (χ3n) is 3.75. The number of hydrogen-bond acceptors (Lipinski definition) is 2. The largest absolute Gasteiger partial charge is 0.484 e. The lowest BCUT2D eigenvalue weighted by molar-refractivity contribution is -0.132. The van der Waals surface area contributed by atoms with Crippen LogP contribution in [-0.4, -0.2) is 24.5 Å². The van der Waals surface area contributed by atoms with Crippen LogP contribution in [0.2, 0.25) is 0 Å². The van der Waals surface area contributed by atoms with Gasteiger partial charge in [0.1, 0.15) is 5.75 Å². The number of benzene rings is 2. The average molecular weight is 311 g/mol. The molecular weight excluding hydrogens is 286 g/mol. The first-order valence-corrected chi connectivity index (χ1v) is 7.87. The maximum Gasteiger partial charge on any atom is 0.260 e. The van der Waals surface area contributed by atoms with E-state index in [1.165, 1.54) is 5.56 Å². The van der Waals surface area contributed by atoms with Gasteiger partial charge in [0.15, 0.2) is 6.61 Å². The van der Waals surface area contributed by atoms with Crippen molar-refractivity contribution in [3.05, 3.63) is 65.7 Å². The van der Waals surface area contributed by atoms with E-state index in [9.17, 15) is 4.79 Å². The molecule has 3 heteroatoms. The Balaban J connectivity index is 1.91. The van der Waals surface area contributed by atoms with Crippen LogP contribution >= 0.6 is 0 Å². The molecule has 0 aliphatic heterocycles. The first kappa shape index (κ1) is 17.1. The van der Waals surface area contributed by atoms with Crippen LogP contribution in [0.5, 0.6) is 5.75 Å². The predicted octanol–water partition coefficient (Wildman–Crippen LogP) is 4.02. The number of ether oxygens (including phenoxy) is 1. The third-order valence-corrected chi connectivity index (χ3v) is 3.75. The molecule has 122 valence electrons. The van der Waals surface area contributed by atoms with Gasteiger partial charge in [0, 0.05) is 13.6 Å². The van der Waals surface area contributed by atoms with Crippen LogP contribution in [0.15, 0.2) is 54.6 Å². The van der Waals surface area contributed by atoms with Crippen molar-refractivity contribution < 1.29 is 9.53 Å². The molecule has 0 spiro atoms. The highest BCUT2D eigenvalue weighted by Gasteiger charge is 2.15. The fourth-order valence-corrected chi connectivity index (χ4v) is 2.25. The Hall–Kier alpha value is -2.29. The van der Waals surface area contributed by atoms with E-state index in [4.69, 9.17) is 4.74 Å². The lowest BCUT2D eigenvalue weighted by Crippen LogP contribution is -2.31. The molecule has 0 atom stereocenters. The Morgan fingerprint density at radius 2 is 1.74 bits per heavy atom. The van der Waals surface area contributed by atoms with Gasteiger partial charge in [0.05, 0.1) is 0 Å². The van der Waals surface area contributed by atoms with E-state index in [1.807, 2.05) is 48.5 Å². The van der Waals surface area contributed by atoms with Crippen molar-refractivity contribution >= 4 is 5.91 Å². The molecule has 0 heterocycles. The minimum atomic E-state index is -0.0324. The maximum atomic E-state index is 12.2. The molecule has 2 rings (SSSR count). The van der Waals surface area contributed by atoms with Crippen LogP contribution in [0, 0.1) is 0 Å². The van der Waals surface area contributed by atoms with E-state index >= 15 is 0 Å². The van der Waals surface area contributed by atoms with Gasteiger partial charge in [0.2, 0.25) is 0 Å². The molecule has 2 aromatic carbocycles. The molecular formula is C20H25NO2. The second kappa shape index (κ2) is 7.32. The molecule has 0 fully saturated rings. The predicted molar refractivity (Wildman–Crippen MR) is 93.6 cm³/mol. The van der Waals surface area contributed by atoms with Crippen LogP contribution in [0.25, 0.3) is 0 Å². The van der Waals surface area contributed by atoms with Gasteiger partial charge >= 0.3 is 0 Å². The topological polar surface area (TPSA) is 29.5 Å². The summed E-state index contributed by atoms with van der Waals surface area (Å²) in [4.78, 5) is 13.9. The maximum absolute atomic E-state index is 12.2. The first-order valence-electron chi connectivity index (χ1n) is 7.87. The van der Waals surface area contributed by atoms with Gasteiger partial charge in [-0.15, -0.1) is 0 Å². The zero-order valence-corrected chi connectivity index (χ0v) is 14.4. The Morgan fingerprint density at radius 3 is 2.39 bits per heavy atom. The first-order chi connectivity index (χ1) is 10.9. The lowest BCUT2D eigenvalue weighted by atomic mass is 9.87. The molecule has 0 bridgehead atoms. The van der Waals surface area contributed by atoms with Crippen molar-refractivity contribution in [1.29, 1.82) is 0 Å². The summed E-state index contributed by atoms with van der Waals surface area (Å²) in [6.45, 7) is 7.11. The van der Waals surface area contributed by atoms with Crippen molar-refractivity contribution in [2.45, 2.75) is 32.7 Å². The molecule has 23 heavy (non-hydrogen) atoms. The summed E-state index contributed by atoms with van der Waals surface area (Å²) < 4.78 is 5.67. The van der Waals surface area contributed by atoms with E-state index in [1.54, 1.807) is 11.9 Å². The van der Waals surface area contributed by atoms with E-state index in [2.05, 4.69) is 26.8 Å². The molecule has 0 saturated carbocycles. The van der Waals surface area contributed by atoms with E-state index in [-0.39, 0.29) is 17.9 Å². The smallest absolute Gasteiger partial charge is 0.260 e. The second-order valence-electron chi connectivity index (χ2n) is 6.80. The van der Waals surface area contributed by atoms with Gasteiger partial charge in [0.25, 0.3) is 5.91 Å². The van der Waals surface area contributed by atoms with Crippen molar-refractivity contribution in [3.8, 4) is 5.75 Å². The van der Waals surface area contributed by atoms with Crippen LogP contribution in [0.3, 0.4) is 0 Å². The highest BCUT2D eigenvalue weighted by molar-refractivity contribution is 5.77. The van der Waals surface area contributed by atoms with E-state index in [0.717, 1.165) is 11.3 Å². The molecule has 0 saturated heterocycles. The number of rotatable bonds is 5. The Morgan fingerprint density at radius 1 is 1.04 bits per heavy atom. The molecule has 2 aromatic rings. The minimum Gasteiger partial charge on any atom is -0.484 e. The van der Waals surface area contributed by atoms with Crippen molar-refractivity contribution in [3.63, 3.8) is 0 Å². The highest BCUT2D eigenvalue weighted by atomic mass is 16.5. The molecule has 0 N–H and O–H groups in total. The molecule has 0 unspecified atom stereocenters. The molecule has 0 aromatic heterocycles. The van der Waals surface area contributed by atoms with Gasteiger partial charge in [-0.1, -0.05) is 63.2 Å². The zero-order chi connectivity index (χ0) is 16.9. The quantitative estimate of drug-likeness (QED) is 0.834. The summed E-state index contributed by atoms with van der Waals surface area (Å²) >= 11 is 0. The van der Waals surface area contributed by atoms with Gasteiger partial charge in [-0.3, -0.25) is 4.79 Å². The van der Waals surface area contributed by atoms with Crippen molar-refractivity contribution in [2.75, 3.05) is 13.7 Å². The summed E-state index contributed by atoms with van der Waals surface area (Å²) in [7, 11) is 1.80. The average Bonchev–Trinajstić information content (AvgIpc) is 2.53. The summed E-state index contributed by atoms with van der Waals surface area (Å²) in [6, 6.07) is 17.9. The lowest BCUT2D eigenvalue weighted by Gasteiger charge is -2.20. The van der Waals surface area contributed by atoms with Crippen molar-refractivity contribution in [1.82, 2.24) is 4.90 Å². The Bertz CT molecular complexity index is 644. The number of nitrogens with zero attached hydrogens (tertiary/aromatic N) is 1. The zero-order valence-electron chi connectivity index (χ0n) is 14.4. The molecule has 0 aliphatic rings. The number of carbonyl (C=O) groups excluding carboxylic acids is 1. The monoisotopic (exact) mass is 311 g/mol.